The molecule has 2 nitrogen and oxygen atoms in total. The van der Waals surface area contributed by atoms with Crippen molar-refractivity contribution in [3.8, 4) is 5.75 Å². The van der Waals surface area contributed by atoms with E-state index in [9.17, 15) is 0 Å². The highest BCUT2D eigenvalue weighted by Crippen LogP contribution is 2.28. The summed E-state index contributed by atoms with van der Waals surface area (Å²) in [6.45, 7) is 3.08. The summed E-state index contributed by atoms with van der Waals surface area (Å²) in [5.74, 6) is 0.863. The summed E-state index contributed by atoms with van der Waals surface area (Å²) in [5.41, 5.74) is 2.57. The summed E-state index contributed by atoms with van der Waals surface area (Å²) < 4.78 is 7.38. The average molecular weight is 413 g/mol. The molecule has 0 bridgehead atoms. The first-order chi connectivity index (χ1) is 10.1. The molecule has 0 heterocycles. The van der Waals surface area contributed by atoms with E-state index in [-0.39, 0.29) is 0 Å². The van der Waals surface area contributed by atoms with E-state index in [1.165, 1.54) is 11.1 Å². The van der Waals surface area contributed by atoms with Crippen molar-refractivity contribution in [1.82, 2.24) is 5.32 Å². The number of methoxy groups -OCH3 is 1. The van der Waals surface area contributed by atoms with Crippen LogP contribution < -0.4 is 10.1 Å². The molecule has 4 heteroatoms. The van der Waals surface area contributed by atoms with Gasteiger partial charge in [-0.2, -0.15) is 0 Å². The highest BCUT2D eigenvalue weighted by atomic mass is 79.9. The third-order valence-corrected chi connectivity index (χ3v) is 4.53. The summed E-state index contributed by atoms with van der Waals surface area (Å²) in [6, 6.07) is 15.1. The summed E-state index contributed by atoms with van der Waals surface area (Å²) in [5, 5.41) is 3.55. The number of hydrogen-bond acceptors (Lipinski definition) is 2. The van der Waals surface area contributed by atoms with Gasteiger partial charge in [0.05, 0.1) is 11.6 Å². The number of ether oxygens (including phenoxy) is 1. The molecule has 0 aliphatic carbocycles. The number of benzene rings is 2. The number of likely N-dealkylation sites (N-methyl/N-ethyl adjacent to an activating group) is 1. The number of halogens is 2. The van der Waals surface area contributed by atoms with E-state index < -0.39 is 0 Å². The molecule has 2 aromatic rings. The first kappa shape index (κ1) is 16.5. The Hall–Kier alpha value is -0.840. The second-order valence-corrected chi connectivity index (χ2v) is 6.60. The fraction of sp³-hybridized carbons (Fsp3) is 0.294. The van der Waals surface area contributed by atoms with E-state index >= 15 is 0 Å². The second-order valence-electron chi connectivity index (χ2n) is 4.83. The lowest BCUT2D eigenvalue weighted by Crippen LogP contribution is -2.22. The third kappa shape index (κ3) is 4.56. The van der Waals surface area contributed by atoms with Crippen LogP contribution in [-0.4, -0.2) is 13.7 Å². The topological polar surface area (TPSA) is 21.3 Å². The van der Waals surface area contributed by atoms with Crippen LogP contribution in [-0.2, 0) is 6.42 Å². The van der Waals surface area contributed by atoms with Gasteiger partial charge in [-0.05, 0) is 64.3 Å². The van der Waals surface area contributed by atoms with Crippen LogP contribution in [0.3, 0.4) is 0 Å². The molecular weight excluding hydrogens is 394 g/mol. The molecule has 1 N–H and O–H groups in total. The molecule has 1 atom stereocenters. The summed E-state index contributed by atoms with van der Waals surface area (Å²) in [6.07, 6.45) is 0.943. The smallest absolute Gasteiger partial charge is 0.133 e. The van der Waals surface area contributed by atoms with Crippen molar-refractivity contribution in [2.45, 2.75) is 19.4 Å². The van der Waals surface area contributed by atoms with Gasteiger partial charge < -0.3 is 10.1 Å². The van der Waals surface area contributed by atoms with Crippen molar-refractivity contribution >= 4 is 31.9 Å². The molecule has 0 saturated heterocycles. The van der Waals surface area contributed by atoms with Crippen LogP contribution >= 0.6 is 31.9 Å². The Morgan fingerprint density at radius 1 is 1.10 bits per heavy atom. The van der Waals surface area contributed by atoms with Gasteiger partial charge in [-0.1, -0.05) is 41.1 Å². The van der Waals surface area contributed by atoms with Gasteiger partial charge in [0, 0.05) is 10.5 Å². The van der Waals surface area contributed by atoms with Crippen LogP contribution in [0.1, 0.15) is 24.1 Å². The second kappa shape index (κ2) is 7.97. The third-order valence-electron chi connectivity index (χ3n) is 3.38. The predicted octanol–water partition coefficient (Wildman–Crippen LogP) is 5.11. The van der Waals surface area contributed by atoms with Gasteiger partial charge in [-0.25, -0.2) is 0 Å². The predicted molar refractivity (Wildman–Crippen MR) is 95.0 cm³/mol. The Morgan fingerprint density at radius 2 is 1.81 bits per heavy atom. The van der Waals surface area contributed by atoms with Crippen LogP contribution in [0.5, 0.6) is 5.75 Å². The molecule has 0 fully saturated rings. The highest BCUT2D eigenvalue weighted by molar-refractivity contribution is 9.10. The summed E-state index contributed by atoms with van der Waals surface area (Å²) in [7, 11) is 1.68. The maximum absolute atomic E-state index is 5.28. The minimum absolute atomic E-state index is 0.309. The van der Waals surface area contributed by atoms with Crippen LogP contribution in [0.2, 0.25) is 0 Å². The first-order valence-electron chi connectivity index (χ1n) is 6.95. The first-order valence-corrected chi connectivity index (χ1v) is 8.54. The van der Waals surface area contributed by atoms with Gasteiger partial charge in [-0.15, -0.1) is 0 Å². The monoisotopic (exact) mass is 411 g/mol. The molecule has 2 aromatic carbocycles. The molecule has 0 spiro atoms. The molecule has 0 aliphatic rings. The number of rotatable bonds is 6. The maximum atomic E-state index is 5.28. The minimum atomic E-state index is 0.309. The maximum Gasteiger partial charge on any atom is 0.133 e. The fourth-order valence-electron chi connectivity index (χ4n) is 2.32. The van der Waals surface area contributed by atoms with Crippen molar-refractivity contribution in [3.05, 3.63) is 62.5 Å². The zero-order chi connectivity index (χ0) is 15.2. The van der Waals surface area contributed by atoms with Gasteiger partial charge in [0.15, 0.2) is 0 Å². The zero-order valence-corrected chi connectivity index (χ0v) is 15.4. The standard InChI is InChI=1S/C17H19Br2NO/c1-3-20-16(13-5-7-14(18)8-6-13)11-12-4-9-17(21-2)15(19)10-12/h4-10,16,20H,3,11H2,1-2H3. The number of hydrogen-bond donors (Lipinski definition) is 1. The van der Waals surface area contributed by atoms with Crippen molar-refractivity contribution in [3.63, 3.8) is 0 Å². The van der Waals surface area contributed by atoms with E-state index in [1.54, 1.807) is 7.11 Å². The van der Waals surface area contributed by atoms with Gasteiger partial charge in [0.2, 0.25) is 0 Å². The van der Waals surface area contributed by atoms with Gasteiger partial charge in [-0.3, -0.25) is 0 Å². The summed E-state index contributed by atoms with van der Waals surface area (Å²) >= 11 is 7.04. The van der Waals surface area contributed by atoms with Crippen LogP contribution in [0, 0.1) is 0 Å². The molecule has 0 saturated carbocycles. The molecular formula is C17H19Br2NO. The lowest BCUT2D eigenvalue weighted by molar-refractivity contribution is 0.412. The van der Waals surface area contributed by atoms with E-state index in [1.807, 2.05) is 6.07 Å². The molecule has 0 aromatic heterocycles. The van der Waals surface area contributed by atoms with E-state index in [0.717, 1.165) is 27.7 Å². The lowest BCUT2D eigenvalue weighted by atomic mass is 9.99. The largest absolute Gasteiger partial charge is 0.496 e. The van der Waals surface area contributed by atoms with Gasteiger partial charge in [0.1, 0.15) is 5.75 Å². The van der Waals surface area contributed by atoms with Crippen molar-refractivity contribution in [2.75, 3.05) is 13.7 Å². The van der Waals surface area contributed by atoms with Crippen molar-refractivity contribution < 1.29 is 4.74 Å². The Bertz CT molecular complexity index is 584. The zero-order valence-electron chi connectivity index (χ0n) is 12.2. The van der Waals surface area contributed by atoms with Gasteiger partial charge >= 0.3 is 0 Å². The van der Waals surface area contributed by atoms with E-state index in [2.05, 4.69) is 80.5 Å². The molecule has 0 aliphatic heterocycles. The summed E-state index contributed by atoms with van der Waals surface area (Å²) in [4.78, 5) is 0. The van der Waals surface area contributed by atoms with Crippen molar-refractivity contribution in [1.29, 1.82) is 0 Å². The minimum Gasteiger partial charge on any atom is -0.496 e. The van der Waals surface area contributed by atoms with Gasteiger partial charge in [0.25, 0.3) is 0 Å². The van der Waals surface area contributed by atoms with Crippen LogP contribution in [0.25, 0.3) is 0 Å². The molecule has 2 rings (SSSR count). The SMILES string of the molecule is CCNC(Cc1ccc(OC)c(Br)c1)c1ccc(Br)cc1. The molecule has 21 heavy (non-hydrogen) atoms. The number of nitrogens with one attached hydrogen (secondary N) is 1. The normalized spacial score (nSPS) is 12.2. The molecule has 0 amide bonds. The Balaban J connectivity index is 2.19. The molecule has 112 valence electrons. The Labute approximate surface area is 143 Å². The van der Waals surface area contributed by atoms with Crippen molar-refractivity contribution in [2.24, 2.45) is 0 Å². The lowest BCUT2D eigenvalue weighted by Gasteiger charge is -2.19. The van der Waals surface area contributed by atoms with Crippen LogP contribution in [0.15, 0.2) is 51.4 Å². The fourth-order valence-corrected chi connectivity index (χ4v) is 3.17. The quantitative estimate of drug-likeness (QED) is 0.711. The Morgan fingerprint density at radius 3 is 2.38 bits per heavy atom. The van der Waals surface area contributed by atoms with Crippen LogP contribution in [0.4, 0.5) is 0 Å². The highest BCUT2D eigenvalue weighted by Gasteiger charge is 2.12. The Kier molecular flexibility index (Phi) is 6.27. The van der Waals surface area contributed by atoms with E-state index in [4.69, 9.17) is 4.74 Å². The van der Waals surface area contributed by atoms with E-state index in [0.29, 0.717) is 6.04 Å². The molecule has 0 radical (unpaired) electrons. The molecule has 1 unspecified atom stereocenters. The average Bonchev–Trinajstić information content (AvgIpc) is 2.48.